The number of benzene rings is 1. The average Bonchev–Trinajstić information content (AvgIpc) is 3.05. The molecule has 0 N–H and O–H groups in total. The molecule has 0 unspecified atom stereocenters. The number of hydrogen-bond acceptors (Lipinski definition) is 5. The van der Waals surface area contributed by atoms with E-state index in [9.17, 15) is 4.79 Å². The Bertz CT molecular complexity index is 749. The number of ketones is 1. The molecule has 0 aliphatic heterocycles. The van der Waals surface area contributed by atoms with Crippen molar-refractivity contribution in [1.29, 1.82) is 0 Å². The van der Waals surface area contributed by atoms with Crippen molar-refractivity contribution in [3.05, 3.63) is 45.6 Å². The lowest BCUT2D eigenvalue weighted by atomic mass is 10.2. The summed E-state index contributed by atoms with van der Waals surface area (Å²) in [5.74, 6) is 0.482. The van der Waals surface area contributed by atoms with E-state index in [1.807, 2.05) is 0 Å². The van der Waals surface area contributed by atoms with Crippen LogP contribution in [0, 0.1) is 0 Å². The maximum atomic E-state index is 12.1. The number of furan rings is 1. The van der Waals surface area contributed by atoms with E-state index in [1.165, 1.54) is 18.4 Å². The number of carbonyl (C=O) groups is 1. The van der Waals surface area contributed by atoms with Crippen molar-refractivity contribution in [1.82, 2.24) is 4.98 Å². The van der Waals surface area contributed by atoms with Crippen LogP contribution in [0.15, 0.2) is 34.2 Å². The number of fused-ring (bicyclic) bond motifs is 1. The van der Waals surface area contributed by atoms with Gasteiger partial charge in [0, 0.05) is 28.1 Å². The summed E-state index contributed by atoms with van der Waals surface area (Å²) in [5, 5.41) is 3.39. The summed E-state index contributed by atoms with van der Waals surface area (Å²) in [6.45, 7) is 0. The van der Waals surface area contributed by atoms with Gasteiger partial charge in [-0.2, -0.15) is 0 Å². The van der Waals surface area contributed by atoms with Gasteiger partial charge in [-0.15, -0.1) is 11.3 Å². The van der Waals surface area contributed by atoms with Crippen molar-refractivity contribution in [2.24, 2.45) is 0 Å². The molecule has 0 amide bonds. The maximum Gasteiger partial charge on any atom is 0.256 e. The van der Waals surface area contributed by atoms with Gasteiger partial charge >= 0.3 is 0 Å². The van der Waals surface area contributed by atoms with E-state index in [0.717, 1.165) is 5.39 Å². The summed E-state index contributed by atoms with van der Waals surface area (Å²) in [7, 11) is 1.52. The van der Waals surface area contributed by atoms with E-state index in [-0.39, 0.29) is 11.5 Å². The molecule has 2 aromatic heterocycles. The van der Waals surface area contributed by atoms with Gasteiger partial charge in [-0.25, -0.2) is 4.98 Å². The third kappa shape index (κ3) is 2.11. The predicted octanol–water partition coefficient (Wildman–Crippen LogP) is 3.78. The van der Waals surface area contributed by atoms with Crippen molar-refractivity contribution in [3.63, 3.8) is 0 Å². The largest absolute Gasteiger partial charge is 0.493 e. The minimum atomic E-state index is -0.246. The van der Waals surface area contributed by atoms with Gasteiger partial charge in [0.1, 0.15) is 0 Å². The third-order valence-corrected chi connectivity index (χ3v) is 3.61. The summed E-state index contributed by atoms with van der Waals surface area (Å²) in [4.78, 5) is 16.1. The smallest absolute Gasteiger partial charge is 0.256 e. The fourth-order valence-electron chi connectivity index (χ4n) is 1.79. The normalized spacial score (nSPS) is 10.8. The fourth-order valence-corrected chi connectivity index (χ4v) is 2.59. The zero-order valence-corrected chi connectivity index (χ0v) is 11.4. The molecule has 3 aromatic rings. The number of rotatable bonds is 3. The van der Waals surface area contributed by atoms with Gasteiger partial charge in [0.15, 0.2) is 22.1 Å². The highest BCUT2D eigenvalue weighted by atomic mass is 35.5. The van der Waals surface area contributed by atoms with Crippen LogP contribution in [-0.4, -0.2) is 17.9 Å². The topological polar surface area (TPSA) is 52.3 Å². The number of methoxy groups -OCH3 is 1. The molecule has 2 heterocycles. The summed E-state index contributed by atoms with van der Waals surface area (Å²) >= 11 is 7.25. The molecule has 3 rings (SSSR count). The number of ether oxygens (including phenoxy) is 1. The SMILES string of the molecule is COc1cc(Cl)cc2cc(C(=O)c3nccs3)oc12. The van der Waals surface area contributed by atoms with Crippen LogP contribution in [0.1, 0.15) is 15.6 Å². The Kier molecular flexibility index (Phi) is 3.00. The second-order valence-electron chi connectivity index (χ2n) is 3.80. The van der Waals surface area contributed by atoms with E-state index in [1.54, 1.807) is 29.8 Å². The second-order valence-corrected chi connectivity index (χ2v) is 5.13. The summed E-state index contributed by atoms with van der Waals surface area (Å²) in [6, 6.07) is 5.01. The molecule has 0 fully saturated rings. The van der Waals surface area contributed by atoms with Crippen molar-refractivity contribution in [2.75, 3.05) is 7.11 Å². The van der Waals surface area contributed by atoms with Crippen LogP contribution in [0.4, 0.5) is 0 Å². The van der Waals surface area contributed by atoms with Crippen molar-refractivity contribution < 1.29 is 13.9 Å². The summed E-state index contributed by atoms with van der Waals surface area (Å²) in [6.07, 6.45) is 1.58. The van der Waals surface area contributed by atoms with Crippen LogP contribution in [0.2, 0.25) is 5.02 Å². The van der Waals surface area contributed by atoms with Gasteiger partial charge in [0.2, 0.25) is 0 Å². The molecule has 0 atom stereocenters. The molecule has 0 aliphatic carbocycles. The Morgan fingerprint density at radius 2 is 2.26 bits per heavy atom. The van der Waals surface area contributed by atoms with E-state index in [4.69, 9.17) is 20.8 Å². The highest BCUT2D eigenvalue weighted by Crippen LogP contribution is 2.33. The molecular weight excluding hydrogens is 286 g/mol. The Hall–Kier alpha value is -1.85. The van der Waals surface area contributed by atoms with E-state index < -0.39 is 0 Å². The molecule has 6 heteroatoms. The Morgan fingerprint density at radius 1 is 1.42 bits per heavy atom. The molecule has 96 valence electrons. The minimum absolute atomic E-state index is 0.227. The Labute approximate surface area is 117 Å². The standard InChI is InChI=1S/C13H8ClNO3S/c1-17-10-6-8(14)4-7-5-9(18-12(7)10)11(16)13-15-2-3-19-13/h2-6H,1H3. The molecular formula is C13H8ClNO3S. The number of carbonyl (C=O) groups excluding carboxylic acids is 1. The van der Waals surface area contributed by atoms with Crippen molar-refractivity contribution in [3.8, 4) is 5.75 Å². The number of aromatic nitrogens is 1. The molecule has 19 heavy (non-hydrogen) atoms. The van der Waals surface area contributed by atoms with Gasteiger partial charge in [-0.1, -0.05) is 11.6 Å². The number of thiazole rings is 1. The lowest BCUT2D eigenvalue weighted by molar-refractivity contribution is 0.101. The fraction of sp³-hybridized carbons (Fsp3) is 0.0769. The Balaban J connectivity index is 2.14. The molecule has 1 aromatic carbocycles. The van der Waals surface area contributed by atoms with Gasteiger partial charge in [0.05, 0.1) is 7.11 Å². The molecule has 0 radical (unpaired) electrons. The second kappa shape index (κ2) is 4.68. The first kappa shape index (κ1) is 12.2. The molecule has 0 saturated heterocycles. The van der Waals surface area contributed by atoms with E-state index >= 15 is 0 Å². The number of hydrogen-bond donors (Lipinski definition) is 0. The predicted molar refractivity (Wildman–Crippen MR) is 73.3 cm³/mol. The van der Waals surface area contributed by atoms with Gasteiger partial charge in [0.25, 0.3) is 5.78 Å². The van der Waals surface area contributed by atoms with Crippen LogP contribution < -0.4 is 4.74 Å². The van der Waals surface area contributed by atoms with Crippen LogP contribution >= 0.6 is 22.9 Å². The summed E-state index contributed by atoms with van der Waals surface area (Å²) < 4.78 is 10.8. The first-order valence-electron chi connectivity index (χ1n) is 5.40. The highest BCUT2D eigenvalue weighted by Gasteiger charge is 2.18. The quantitative estimate of drug-likeness (QED) is 0.690. The molecule has 0 saturated carbocycles. The zero-order valence-electron chi connectivity index (χ0n) is 9.84. The first-order valence-corrected chi connectivity index (χ1v) is 6.66. The maximum absolute atomic E-state index is 12.1. The van der Waals surface area contributed by atoms with E-state index in [0.29, 0.717) is 21.4 Å². The zero-order chi connectivity index (χ0) is 13.4. The molecule has 4 nitrogen and oxygen atoms in total. The molecule has 0 aliphatic rings. The average molecular weight is 294 g/mol. The van der Waals surface area contributed by atoms with E-state index in [2.05, 4.69) is 4.98 Å². The lowest BCUT2D eigenvalue weighted by Gasteiger charge is -2.00. The van der Waals surface area contributed by atoms with Crippen molar-refractivity contribution >= 4 is 39.7 Å². The number of halogens is 1. The van der Waals surface area contributed by atoms with Crippen LogP contribution in [-0.2, 0) is 0 Å². The molecule has 0 bridgehead atoms. The lowest BCUT2D eigenvalue weighted by Crippen LogP contribution is -1.97. The van der Waals surface area contributed by atoms with Gasteiger partial charge in [-0.3, -0.25) is 4.79 Å². The monoisotopic (exact) mass is 293 g/mol. The molecule has 0 spiro atoms. The Morgan fingerprint density at radius 3 is 2.95 bits per heavy atom. The number of nitrogens with zero attached hydrogens (tertiary/aromatic N) is 1. The van der Waals surface area contributed by atoms with Crippen molar-refractivity contribution in [2.45, 2.75) is 0 Å². The first-order chi connectivity index (χ1) is 9.19. The van der Waals surface area contributed by atoms with Gasteiger partial charge in [-0.05, 0) is 12.1 Å². The van der Waals surface area contributed by atoms with Gasteiger partial charge < -0.3 is 9.15 Å². The highest BCUT2D eigenvalue weighted by molar-refractivity contribution is 7.11. The minimum Gasteiger partial charge on any atom is -0.493 e. The van der Waals surface area contributed by atoms with Crippen LogP contribution in [0.5, 0.6) is 5.75 Å². The van der Waals surface area contributed by atoms with Crippen LogP contribution in [0.25, 0.3) is 11.0 Å². The summed E-state index contributed by atoms with van der Waals surface area (Å²) in [5.41, 5.74) is 0.506. The van der Waals surface area contributed by atoms with Crippen LogP contribution in [0.3, 0.4) is 0 Å². The third-order valence-electron chi connectivity index (χ3n) is 2.62.